The van der Waals surface area contributed by atoms with Crippen molar-refractivity contribution in [2.75, 3.05) is 0 Å². The Labute approximate surface area is 129 Å². The Bertz CT molecular complexity index is 699. The quantitative estimate of drug-likeness (QED) is 0.633. The largest absolute Gasteiger partial charge is 0.274 e. The number of carbonyl (C=O) groups is 2. The van der Waals surface area contributed by atoms with Crippen LogP contribution in [0.25, 0.3) is 5.70 Å². The van der Waals surface area contributed by atoms with E-state index in [1.165, 1.54) is 0 Å². The van der Waals surface area contributed by atoms with E-state index in [1.807, 2.05) is 12.1 Å². The molecule has 110 valence electrons. The van der Waals surface area contributed by atoms with Crippen molar-refractivity contribution in [1.82, 2.24) is 4.90 Å². The zero-order chi connectivity index (χ0) is 16.3. The lowest BCUT2D eigenvalue weighted by atomic mass is 9.99. The second-order valence-electron chi connectivity index (χ2n) is 5.35. The van der Waals surface area contributed by atoms with Crippen molar-refractivity contribution in [3.05, 3.63) is 41.0 Å². The number of nitriles is 2. The standard InChI is InChI=1S/C17H15N3O2/c1-11(2)12-3-5-13(6-4-12)17(14(9-18)10-19)20-15(21)7-8-16(20)22/h3-6,11H,7-8H2,1-2H3. The van der Waals surface area contributed by atoms with E-state index in [4.69, 9.17) is 10.5 Å². The van der Waals surface area contributed by atoms with Crippen molar-refractivity contribution in [2.45, 2.75) is 32.6 Å². The Morgan fingerprint density at radius 1 is 1.05 bits per heavy atom. The van der Waals surface area contributed by atoms with Crippen LogP contribution in [0.3, 0.4) is 0 Å². The Hall–Kier alpha value is -2.92. The van der Waals surface area contributed by atoms with Gasteiger partial charge in [0.05, 0.1) is 5.70 Å². The van der Waals surface area contributed by atoms with Gasteiger partial charge in [0.15, 0.2) is 5.57 Å². The van der Waals surface area contributed by atoms with E-state index in [-0.39, 0.29) is 35.9 Å². The maximum absolute atomic E-state index is 12.0. The highest BCUT2D eigenvalue weighted by Crippen LogP contribution is 2.29. The first-order valence-corrected chi connectivity index (χ1v) is 7.00. The van der Waals surface area contributed by atoms with Crippen LogP contribution in [0.4, 0.5) is 0 Å². The monoisotopic (exact) mass is 293 g/mol. The second kappa shape index (κ2) is 6.24. The number of likely N-dealkylation sites (tertiary alicyclic amines) is 1. The lowest BCUT2D eigenvalue weighted by molar-refractivity contribution is -0.134. The molecule has 0 atom stereocenters. The van der Waals surface area contributed by atoms with E-state index in [9.17, 15) is 9.59 Å². The van der Waals surface area contributed by atoms with E-state index in [0.717, 1.165) is 10.5 Å². The summed E-state index contributed by atoms with van der Waals surface area (Å²) in [7, 11) is 0. The highest BCUT2D eigenvalue weighted by atomic mass is 16.2. The molecule has 1 aromatic rings. The molecule has 0 spiro atoms. The molecule has 1 aliphatic heterocycles. The molecular formula is C17H15N3O2. The number of allylic oxidation sites excluding steroid dienone is 1. The van der Waals surface area contributed by atoms with Crippen LogP contribution in [0, 0.1) is 22.7 Å². The molecular weight excluding hydrogens is 278 g/mol. The summed E-state index contributed by atoms with van der Waals surface area (Å²) >= 11 is 0. The summed E-state index contributed by atoms with van der Waals surface area (Å²) in [5.41, 5.74) is 1.47. The smallest absolute Gasteiger partial charge is 0.234 e. The van der Waals surface area contributed by atoms with Crippen molar-refractivity contribution >= 4 is 17.5 Å². The summed E-state index contributed by atoms with van der Waals surface area (Å²) in [5.74, 6) is -0.421. The first kappa shape index (κ1) is 15.5. The van der Waals surface area contributed by atoms with Crippen LogP contribution in [-0.4, -0.2) is 16.7 Å². The van der Waals surface area contributed by atoms with Gasteiger partial charge >= 0.3 is 0 Å². The molecule has 5 heteroatoms. The third-order valence-corrected chi connectivity index (χ3v) is 3.59. The lowest BCUT2D eigenvalue weighted by Gasteiger charge is -2.19. The first-order valence-electron chi connectivity index (χ1n) is 7.00. The van der Waals surface area contributed by atoms with E-state index >= 15 is 0 Å². The summed E-state index contributed by atoms with van der Waals surface area (Å²) in [6, 6.07) is 10.8. The van der Waals surface area contributed by atoms with E-state index in [2.05, 4.69) is 13.8 Å². The maximum Gasteiger partial charge on any atom is 0.234 e. The summed E-state index contributed by atoms with van der Waals surface area (Å²) in [6.07, 6.45) is 0.215. The molecule has 0 unspecified atom stereocenters. The van der Waals surface area contributed by atoms with Crippen molar-refractivity contribution in [1.29, 1.82) is 10.5 Å². The van der Waals surface area contributed by atoms with Crippen LogP contribution in [0.5, 0.6) is 0 Å². The molecule has 1 aromatic carbocycles. The zero-order valence-corrected chi connectivity index (χ0v) is 12.5. The molecule has 2 rings (SSSR count). The van der Waals surface area contributed by atoms with E-state index in [0.29, 0.717) is 11.5 Å². The number of imide groups is 1. The summed E-state index contributed by atoms with van der Waals surface area (Å²) in [4.78, 5) is 24.9. The number of hydrogen-bond donors (Lipinski definition) is 0. The fraction of sp³-hybridized carbons (Fsp3) is 0.294. The number of rotatable bonds is 3. The van der Waals surface area contributed by atoms with Crippen LogP contribution in [0.2, 0.25) is 0 Å². The van der Waals surface area contributed by atoms with Crippen LogP contribution in [0.15, 0.2) is 29.8 Å². The summed E-state index contributed by atoms with van der Waals surface area (Å²) in [5, 5.41) is 18.3. The van der Waals surface area contributed by atoms with Crippen molar-refractivity contribution in [3.63, 3.8) is 0 Å². The highest BCUT2D eigenvalue weighted by Gasteiger charge is 2.34. The fourth-order valence-corrected chi connectivity index (χ4v) is 2.37. The van der Waals surface area contributed by atoms with E-state index < -0.39 is 0 Å². The third kappa shape index (κ3) is 2.75. The van der Waals surface area contributed by atoms with Gasteiger partial charge in [0, 0.05) is 18.4 Å². The highest BCUT2D eigenvalue weighted by molar-refractivity contribution is 6.10. The minimum absolute atomic E-state index is 0.0906. The van der Waals surface area contributed by atoms with Gasteiger partial charge in [-0.2, -0.15) is 10.5 Å². The van der Waals surface area contributed by atoms with Gasteiger partial charge in [-0.25, -0.2) is 4.90 Å². The second-order valence-corrected chi connectivity index (χ2v) is 5.35. The molecule has 0 bridgehead atoms. The van der Waals surface area contributed by atoms with Gasteiger partial charge in [0.25, 0.3) is 0 Å². The van der Waals surface area contributed by atoms with Gasteiger partial charge in [-0.05, 0) is 11.5 Å². The molecule has 0 N–H and O–H groups in total. The van der Waals surface area contributed by atoms with Crippen LogP contribution in [-0.2, 0) is 9.59 Å². The molecule has 1 aliphatic rings. The Kier molecular flexibility index (Phi) is 4.39. The van der Waals surface area contributed by atoms with Crippen LogP contribution < -0.4 is 0 Å². The number of hydrogen-bond acceptors (Lipinski definition) is 4. The minimum Gasteiger partial charge on any atom is -0.274 e. The van der Waals surface area contributed by atoms with Crippen LogP contribution in [0.1, 0.15) is 43.7 Å². The van der Waals surface area contributed by atoms with Crippen molar-refractivity contribution in [2.24, 2.45) is 0 Å². The van der Waals surface area contributed by atoms with Gasteiger partial charge in [0.2, 0.25) is 11.8 Å². The molecule has 1 fully saturated rings. The fourth-order valence-electron chi connectivity index (χ4n) is 2.37. The summed E-state index contributed by atoms with van der Waals surface area (Å²) < 4.78 is 0. The number of benzene rings is 1. The van der Waals surface area contributed by atoms with Gasteiger partial charge in [-0.3, -0.25) is 9.59 Å². The SMILES string of the molecule is CC(C)c1ccc(C(=C(C#N)C#N)N2C(=O)CCC2=O)cc1. The van der Waals surface area contributed by atoms with Gasteiger partial charge in [0.1, 0.15) is 12.1 Å². The normalized spacial score (nSPS) is 14.0. The molecule has 0 saturated carbocycles. The molecule has 0 radical (unpaired) electrons. The Morgan fingerprint density at radius 2 is 1.55 bits per heavy atom. The van der Waals surface area contributed by atoms with Gasteiger partial charge in [-0.15, -0.1) is 0 Å². The van der Waals surface area contributed by atoms with Crippen LogP contribution >= 0.6 is 0 Å². The Balaban J connectivity index is 2.59. The maximum atomic E-state index is 12.0. The molecule has 0 aliphatic carbocycles. The van der Waals surface area contributed by atoms with Crippen molar-refractivity contribution in [3.8, 4) is 12.1 Å². The lowest BCUT2D eigenvalue weighted by Crippen LogP contribution is -2.28. The molecule has 1 heterocycles. The third-order valence-electron chi connectivity index (χ3n) is 3.59. The Morgan fingerprint density at radius 3 is 1.95 bits per heavy atom. The van der Waals surface area contributed by atoms with Crippen molar-refractivity contribution < 1.29 is 9.59 Å². The molecule has 1 saturated heterocycles. The number of amides is 2. The molecule has 0 aromatic heterocycles. The first-order chi connectivity index (χ1) is 10.5. The zero-order valence-electron chi connectivity index (χ0n) is 12.5. The summed E-state index contributed by atoms with van der Waals surface area (Å²) in [6.45, 7) is 4.10. The van der Waals surface area contributed by atoms with Gasteiger partial charge in [-0.1, -0.05) is 38.1 Å². The molecule has 22 heavy (non-hydrogen) atoms. The number of nitrogens with zero attached hydrogens (tertiary/aromatic N) is 3. The molecule has 5 nitrogen and oxygen atoms in total. The number of carbonyl (C=O) groups excluding carboxylic acids is 2. The average Bonchev–Trinajstić information content (AvgIpc) is 2.84. The minimum atomic E-state index is -0.379. The predicted octanol–water partition coefficient (Wildman–Crippen LogP) is 2.72. The average molecular weight is 293 g/mol. The van der Waals surface area contributed by atoms with Gasteiger partial charge < -0.3 is 0 Å². The molecule has 2 amide bonds. The topological polar surface area (TPSA) is 85.0 Å². The van der Waals surface area contributed by atoms with E-state index in [1.54, 1.807) is 24.3 Å². The predicted molar refractivity (Wildman–Crippen MR) is 79.8 cm³/mol.